The molecule has 2 fully saturated rings. The molecule has 0 aromatic heterocycles. The summed E-state index contributed by atoms with van der Waals surface area (Å²) in [5, 5.41) is 0. The van der Waals surface area contributed by atoms with Crippen LogP contribution in [0.4, 0.5) is 20.2 Å². The first-order valence-corrected chi connectivity index (χ1v) is 6.96. The monoisotopic (exact) mass is 283 g/mol. The number of nitrogens with zero attached hydrogens (tertiary/aromatic N) is 2. The molecule has 110 valence electrons. The molecular formula is C14H19F2N3O. The Labute approximate surface area is 117 Å². The molecule has 3 rings (SSSR count). The minimum Gasteiger partial charge on any atom is -0.395 e. The predicted octanol–water partition coefficient (Wildman–Crippen LogP) is 1.46. The van der Waals surface area contributed by atoms with Crippen LogP contribution in [0.2, 0.25) is 0 Å². The van der Waals surface area contributed by atoms with Crippen molar-refractivity contribution in [3.63, 3.8) is 0 Å². The standard InChI is InChI=1S/C14H19F2N3O/c15-10-7-12(16)14(17)13(8-10)19-2-1-11(9-19)18-3-5-20-6-4-18/h7-8,11H,1-6,9,17H2. The van der Waals surface area contributed by atoms with Gasteiger partial charge in [-0.3, -0.25) is 4.90 Å². The normalized spacial score (nSPS) is 24.3. The fourth-order valence-corrected chi connectivity index (χ4v) is 3.03. The first-order chi connectivity index (χ1) is 9.65. The second-order valence-electron chi connectivity index (χ2n) is 5.36. The van der Waals surface area contributed by atoms with Crippen molar-refractivity contribution in [3.8, 4) is 0 Å². The van der Waals surface area contributed by atoms with Crippen LogP contribution >= 0.6 is 0 Å². The maximum atomic E-state index is 13.5. The first kappa shape index (κ1) is 13.6. The summed E-state index contributed by atoms with van der Waals surface area (Å²) in [5.41, 5.74) is 6.25. The maximum Gasteiger partial charge on any atom is 0.151 e. The third-order valence-corrected chi connectivity index (χ3v) is 4.14. The largest absolute Gasteiger partial charge is 0.395 e. The molecule has 2 aliphatic rings. The molecule has 20 heavy (non-hydrogen) atoms. The maximum absolute atomic E-state index is 13.5. The molecule has 1 unspecified atom stereocenters. The predicted molar refractivity (Wildman–Crippen MR) is 73.8 cm³/mol. The quantitative estimate of drug-likeness (QED) is 0.834. The number of anilines is 2. The van der Waals surface area contributed by atoms with Crippen LogP contribution in [0.15, 0.2) is 12.1 Å². The number of ether oxygens (including phenoxy) is 1. The van der Waals surface area contributed by atoms with Gasteiger partial charge in [0.2, 0.25) is 0 Å². The fraction of sp³-hybridized carbons (Fsp3) is 0.571. The summed E-state index contributed by atoms with van der Waals surface area (Å²) in [6.45, 7) is 4.89. The van der Waals surface area contributed by atoms with Crippen molar-refractivity contribution in [2.75, 3.05) is 50.0 Å². The van der Waals surface area contributed by atoms with E-state index >= 15 is 0 Å². The number of halogens is 2. The molecule has 6 heteroatoms. The van der Waals surface area contributed by atoms with E-state index in [2.05, 4.69) is 4.90 Å². The van der Waals surface area contributed by atoms with Gasteiger partial charge >= 0.3 is 0 Å². The van der Waals surface area contributed by atoms with E-state index in [1.165, 1.54) is 6.07 Å². The van der Waals surface area contributed by atoms with Gasteiger partial charge < -0.3 is 15.4 Å². The summed E-state index contributed by atoms with van der Waals surface area (Å²) in [7, 11) is 0. The summed E-state index contributed by atoms with van der Waals surface area (Å²) in [4.78, 5) is 4.36. The van der Waals surface area contributed by atoms with E-state index in [1.54, 1.807) is 0 Å². The van der Waals surface area contributed by atoms with E-state index in [4.69, 9.17) is 10.5 Å². The van der Waals surface area contributed by atoms with Gasteiger partial charge in [0, 0.05) is 38.3 Å². The highest BCUT2D eigenvalue weighted by molar-refractivity contribution is 5.68. The molecule has 0 amide bonds. The van der Waals surface area contributed by atoms with Crippen molar-refractivity contribution >= 4 is 11.4 Å². The van der Waals surface area contributed by atoms with E-state index in [9.17, 15) is 8.78 Å². The van der Waals surface area contributed by atoms with Gasteiger partial charge in [0.15, 0.2) is 5.82 Å². The molecule has 0 aliphatic carbocycles. The van der Waals surface area contributed by atoms with Gasteiger partial charge in [-0.1, -0.05) is 0 Å². The van der Waals surface area contributed by atoms with E-state index in [0.717, 1.165) is 51.9 Å². The summed E-state index contributed by atoms with van der Waals surface area (Å²) in [6, 6.07) is 2.55. The summed E-state index contributed by atoms with van der Waals surface area (Å²) >= 11 is 0. The van der Waals surface area contributed by atoms with Crippen molar-refractivity contribution in [2.24, 2.45) is 0 Å². The average molecular weight is 283 g/mol. The van der Waals surface area contributed by atoms with E-state index in [1.807, 2.05) is 4.90 Å². The Morgan fingerprint density at radius 3 is 2.65 bits per heavy atom. The third-order valence-electron chi connectivity index (χ3n) is 4.14. The minimum atomic E-state index is -0.685. The van der Waals surface area contributed by atoms with Gasteiger partial charge in [-0.2, -0.15) is 0 Å². The zero-order valence-electron chi connectivity index (χ0n) is 11.3. The van der Waals surface area contributed by atoms with Gasteiger partial charge in [0.1, 0.15) is 5.82 Å². The van der Waals surface area contributed by atoms with Crippen molar-refractivity contribution in [1.82, 2.24) is 4.90 Å². The molecule has 1 aromatic carbocycles. The highest BCUT2D eigenvalue weighted by Crippen LogP contribution is 2.31. The van der Waals surface area contributed by atoms with Crippen molar-refractivity contribution in [3.05, 3.63) is 23.8 Å². The first-order valence-electron chi connectivity index (χ1n) is 6.96. The third kappa shape index (κ3) is 2.58. The van der Waals surface area contributed by atoms with Gasteiger partial charge in [0.05, 0.1) is 24.6 Å². The van der Waals surface area contributed by atoms with Gasteiger partial charge in [-0.25, -0.2) is 8.78 Å². The van der Waals surface area contributed by atoms with Gasteiger partial charge in [-0.15, -0.1) is 0 Å². The number of hydrogen-bond acceptors (Lipinski definition) is 4. The summed E-state index contributed by atoms with van der Waals surface area (Å²) in [5.74, 6) is -1.27. The minimum absolute atomic E-state index is 0.0361. The van der Waals surface area contributed by atoms with Gasteiger partial charge in [0.25, 0.3) is 0 Å². The molecule has 2 aliphatic heterocycles. The zero-order chi connectivity index (χ0) is 14.1. The Balaban J connectivity index is 1.73. The Bertz CT molecular complexity index is 492. The smallest absolute Gasteiger partial charge is 0.151 e. The fourth-order valence-electron chi connectivity index (χ4n) is 3.03. The molecule has 0 bridgehead atoms. The van der Waals surface area contributed by atoms with E-state index in [0.29, 0.717) is 11.7 Å². The number of nitrogens with two attached hydrogens (primary N) is 1. The topological polar surface area (TPSA) is 41.7 Å². The van der Waals surface area contributed by atoms with Crippen LogP contribution in [0.1, 0.15) is 6.42 Å². The van der Waals surface area contributed by atoms with Crippen LogP contribution < -0.4 is 10.6 Å². The lowest BCUT2D eigenvalue weighted by molar-refractivity contribution is 0.0209. The van der Waals surface area contributed by atoms with Gasteiger partial charge in [-0.05, 0) is 12.5 Å². The van der Waals surface area contributed by atoms with E-state index < -0.39 is 11.6 Å². The van der Waals surface area contributed by atoms with Crippen molar-refractivity contribution < 1.29 is 13.5 Å². The Morgan fingerprint density at radius 2 is 1.90 bits per heavy atom. The summed E-state index contributed by atoms with van der Waals surface area (Å²) < 4.78 is 32.2. The van der Waals surface area contributed by atoms with Crippen LogP contribution in [0.25, 0.3) is 0 Å². The van der Waals surface area contributed by atoms with Crippen LogP contribution in [0.3, 0.4) is 0 Å². The van der Waals surface area contributed by atoms with Crippen LogP contribution in [-0.2, 0) is 4.74 Å². The molecular weight excluding hydrogens is 264 g/mol. The second-order valence-corrected chi connectivity index (χ2v) is 5.36. The number of morpholine rings is 1. The Morgan fingerprint density at radius 1 is 1.15 bits per heavy atom. The molecule has 1 atom stereocenters. The SMILES string of the molecule is Nc1c(F)cc(F)cc1N1CCC(N2CCOCC2)C1. The van der Waals surface area contributed by atoms with E-state index in [-0.39, 0.29) is 5.69 Å². The number of hydrogen-bond donors (Lipinski definition) is 1. The number of nitrogen functional groups attached to an aromatic ring is 1. The zero-order valence-corrected chi connectivity index (χ0v) is 11.3. The lowest BCUT2D eigenvalue weighted by atomic mass is 10.2. The lowest BCUT2D eigenvalue weighted by Gasteiger charge is -2.32. The van der Waals surface area contributed by atoms with Crippen LogP contribution in [-0.4, -0.2) is 50.3 Å². The molecule has 2 saturated heterocycles. The van der Waals surface area contributed by atoms with Crippen molar-refractivity contribution in [2.45, 2.75) is 12.5 Å². The number of benzene rings is 1. The number of rotatable bonds is 2. The molecule has 2 heterocycles. The highest BCUT2D eigenvalue weighted by Gasteiger charge is 2.30. The highest BCUT2D eigenvalue weighted by atomic mass is 19.1. The molecule has 0 radical (unpaired) electrons. The Hall–Kier alpha value is -1.40. The lowest BCUT2D eigenvalue weighted by Crippen LogP contribution is -2.44. The second kappa shape index (κ2) is 5.54. The van der Waals surface area contributed by atoms with Crippen LogP contribution in [0.5, 0.6) is 0 Å². The molecule has 0 saturated carbocycles. The molecule has 4 nitrogen and oxygen atoms in total. The Kier molecular flexibility index (Phi) is 3.76. The average Bonchev–Trinajstić information content (AvgIpc) is 2.93. The summed E-state index contributed by atoms with van der Waals surface area (Å²) in [6.07, 6.45) is 0.984. The van der Waals surface area contributed by atoms with Crippen LogP contribution in [0, 0.1) is 11.6 Å². The van der Waals surface area contributed by atoms with Crippen molar-refractivity contribution in [1.29, 1.82) is 0 Å². The molecule has 0 spiro atoms. The molecule has 2 N–H and O–H groups in total. The molecule has 1 aromatic rings.